The summed E-state index contributed by atoms with van der Waals surface area (Å²) in [5.41, 5.74) is 1.88. The van der Waals surface area contributed by atoms with Crippen LogP contribution in [0.25, 0.3) is 0 Å². The number of halogens is 1. The quantitative estimate of drug-likeness (QED) is 0.751. The molecule has 110 valence electrons. The van der Waals surface area contributed by atoms with Crippen LogP contribution >= 0.6 is 11.6 Å². The minimum absolute atomic E-state index is 0.144. The molecule has 1 amide bonds. The predicted octanol–water partition coefficient (Wildman–Crippen LogP) is 3.38. The molecule has 0 saturated heterocycles. The minimum atomic E-state index is 0.144. The van der Waals surface area contributed by atoms with E-state index in [4.69, 9.17) is 11.6 Å². The zero-order valence-electron chi connectivity index (χ0n) is 12.3. The van der Waals surface area contributed by atoms with E-state index in [0.717, 1.165) is 37.1 Å². The second kappa shape index (κ2) is 6.98. The van der Waals surface area contributed by atoms with Gasteiger partial charge in [-0.25, -0.2) is 0 Å². The first-order valence-electron chi connectivity index (χ1n) is 7.28. The largest absolute Gasteiger partial charge is 0.378 e. The summed E-state index contributed by atoms with van der Waals surface area (Å²) in [5, 5.41) is 0. The fourth-order valence-corrected chi connectivity index (χ4v) is 2.57. The number of carbonyl (C=O) groups is 1. The Balaban J connectivity index is 2.09. The molecule has 0 unspecified atom stereocenters. The minimum Gasteiger partial charge on any atom is -0.378 e. The number of amides is 1. The van der Waals surface area contributed by atoms with Crippen molar-refractivity contribution in [3.63, 3.8) is 0 Å². The average molecular weight is 295 g/mol. The van der Waals surface area contributed by atoms with Crippen LogP contribution in [0.4, 0.5) is 5.69 Å². The number of nitrogens with zero attached hydrogens (tertiary/aromatic N) is 2. The topological polar surface area (TPSA) is 23.6 Å². The van der Waals surface area contributed by atoms with Gasteiger partial charge in [-0.3, -0.25) is 4.79 Å². The fraction of sp³-hybridized carbons (Fsp3) is 0.562. The van der Waals surface area contributed by atoms with E-state index >= 15 is 0 Å². The normalized spacial score (nSPS) is 14.8. The van der Waals surface area contributed by atoms with Gasteiger partial charge in [-0.2, -0.15) is 0 Å². The summed E-state index contributed by atoms with van der Waals surface area (Å²) in [5.74, 6) is 0.751. The lowest BCUT2D eigenvalue weighted by atomic mass is 9.90. The third kappa shape index (κ3) is 3.45. The van der Waals surface area contributed by atoms with Gasteiger partial charge in [0, 0.05) is 43.8 Å². The molecule has 4 heteroatoms. The molecule has 1 aliphatic carbocycles. The number of anilines is 1. The summed E-state index contributed by atoms with van der Waals surface area (Å²) in [7, 11) is 4.00. The molecule has 2 rings (SSSR count). The van der Waals surface area contributed by atoms with E-state index in [2.05, 4.69) is 0 Å². The average Bonchev–Trinajstić information content (AvgIpc) is 2.40. The Hall–Kier alpha value is -1.22. The van der Waals surface area contributed by atoms with Crippen LogP contribution in [0.5, 0.6) is 0 Å². The van der Waals surface area contributed by atoms with Crippen molar-refractivity contribution >= 4 is 23.2 Å². The molecule has 1 aromatic carbocycles. The Bertz CT molecular complexity index is 440. The lowest BCUT2D eigenvalue weighted by Gasteiger charge is -2.37. The zero-order valence-corrected chi connectivity index (χ0v) is 13.1. The molecule has 0 radical (unpaired) electrons. The highest BCUT2D eigenvalue weighted by atomic mass is 35.5. The van der Waals surface area contributed by atoms with Crippen LogP contribution in [0, 0.1) is 0 Å². The highest BCUT2D eigenvalue weighted by molar-refractivity contribution is 6.17. The van der Waals surface area contributed by atoms with Gasteiger partial charge in [0.1, 0.15) is 0 Å². The van der Waals surface area contributed by atoms with Crippen molar-refractivity contribution in [1.29, 1.82) is 0 Å². The van der Waals surface area contributed by atoms with E-state index in [0.29, 0.717) is 11.9 Å². The Morgan fingerprint density at radius 1 is 1.25 bits per heavy atom. The second-order valence-electron chi connectivity index (χ2n) is 5.57. The number of carbonyl (C=O) groups excluding carboxylic acids is 1. The third-order valence-corrected chi connectivity index (χ3v) is 4.21. The molecular formula is C16H23ClN2O. The van der Waals surface area contributed by atoms with Crippen LogP contribution < -0.4 is 4.90 Å². The summed E-state index contributed by atoms with van der Waals surface area (Å²) >= 11 is 5.77. The van der Waals surface area contributed by atoms with Crippen molar-refractivity contribution in [3.8, 4) is 0 Å². The lowest BCUT2D eigenvalue weighted by Crippen LogP contribution is -2.44. The van der Waals surface area contributed by atoms with Crippen LogP contribution in [0.2, 0.25) is 0 Å². The summed E-state index contributed by atoms with van der Waals surface area (Å²) in [4.78, 5) is 16.7. The molecule has 0 spiro atoms. The summed E-state index contributed by atoms with van der Waals surface area (Å²) in [6.07, 6.45) is 4.35. The van der Waals surface area contributed by atoms with Crippen molar-refractivity contribution in [2.24, 2.45) is 0 Å². The van der Waals surface area contributed by atoms with Crippen LogP contribution in [0.1, 0.15) is 36.0 Å². The van der Waals surface area contributed by atoms with Gasteiger partial charge >= 0.3 is 0 Å². The van der Waals surface area contributed by atoms with Gasteiger partial charge in [-0.15, -0.1) is 11.6 Å². The van der Waals surface area contributed by atoms with Crippen LogP contribution in [0.15, 0.2) is 24.3 Å². The molecule has 3 nitrogen and oxygen atoms in total. The van der Waals surface area contributed by atoms with Crippen molar-refractivity contribution in [1.82, 2.24) is 4.90 Å². The standard InChI is InChI=1S/C16H23ClN2O/c1-18(2)14-9-7-13(8-10-14)16(20)19(12-4-11-17)15-5-3-6-15/h7-10,15H,3-6,11-12H2,1-2H3. The maximum atomic E-state index is 12.6. The molecule has 1 aromatic rings. The highest BCUT2D eigenvalue weighted by Crippen LogP contribution is 2.27. The van der Waals surface area contributed by atoms with Gasteiger partial charge in [0.05, 0.1) is 0 Å². The van der Waals surface area contributed by atoms with Gasteiger partial charge in [0.15, 0.2) is 0 Å². The lowest BCUT2D eigenvalue weighted by molar-refractivity contribution is 0.0581. The molecular weight excluding hydrogens is 272 g/mol. The van der Waals surface area contributed by atoms with Crippen LogP contribution in [0.3, 0.4) is 0 Å². The maximum absolute atomic E-state index is 12.6. The number of benzene rings is 1. The van der Waals surface area contributed by atoms with Gasteiger partial charge in [-0.1, -0.05) is 0 Å². The first-order chi connectivity index (χ1) is 9.63. The molecule has 0 N–H and O–H groups in total. The monoisotopic (exact) mass is 294 g/mol. The maximum Gasteiger partial charge on any atom is 0.254 e. The second-order valence-corrected chi connectivity index (χ2v) is 5.95. The van der Waals surface area contributed by atoms with Crippen molar-refractivity contribution in [3.05, 3.63) is 29.8 Å². The molecule has 0 aliphatic heterocycles. The number of rotatable bonds is 6. The van der Waals surface area contributed by atoms with Crippen molar-refractivity contribution < 1.29 is 4.79 Å². The summed E-state index contributed by atoms with van der Waals surface area (Å²) in [6.45, 7) is 0.766. The fourth-order valence-electron chi connectivity index (χ4n) is 2.45. The number of hydrogen-bond donors (Lipinski definition) is 0. The Morgan fingerprint density at radius 3 is 2.35 bits per heavy atom. The van der Waals surface area contributed by atoms with E-state index in [-0.39, 0.29) is 5.91 Å². The molecule has 1 saturated carbocycles. The van der Waals surface area contributed by atoms with E-state index in [1.54, 1.807) is 0 Å². The van der Waals surface area contributed by atoms with E-state index in [1.807, 2.05) is 48.2 Å². The third-order valence-electron chi connectivity index (χ3n) is 3.94. The van der Waals surface area contributed by atoms with Gasteiger partial charge < -0.3 is 9.80 Å². The highest BCUT2D eigenvalue weighted by Gasteiger charge is 2.28. The van der Waals surface area contributed by atoms with E-state index < -0.39 is 0 Å². The van der Waals surface area contributed by atoms with Crippen molar-refractivity contribution in [2.45, 2.75) is 31.7 Å². The van der Waals surface area contributed by atoms with E-state index in [1.165, 1.54) is 6.42 Å². The molecule has 1 fully saturated rings. The van der Waals surface area contributed by atoms with Crippen molar-refractivity contribution in [2.75, 3.05) is 31.4 Å². The van der Waals surface area contributed by atoms with Crippen LogP contribution in [-0.4, -0.2) is 43.4 Å². The molecule has 0 bridgehead atoms. The molecule has 0 heterocycles. The van der Waals surface area contributed by atoms with E-state index in [9.17, 15) is 4.79 Å². The number of hydrogen-bond acceptors (Lipinski definition) is 2. The summed E-state index contributed by atoms with van der Waals surface area (Å²) in [6, 6.07) is 8.24. The first kappa shape index (κ1) is 15.2. The Morgan fingerprint density at radius 2 is 1.90 bits per heavy atom. The molecule has 0 aromatic heterocycles. The molecule has 1 aliphatic rings. The SMILES string of the molecule is CN(C)c1ccc(C(=O)N(CCCCl)C2CCC2)cc1. The Labute approximate surface area is 126 Å². The summed E-state index contributed by atoms with van der Waals surface area (Å²) < 4.78 is 0. The van der Waals surface area contributed by atoms with Gasteiger partial charge in [0.2, 0.25) is 0 Å². The molecule has 0 atom stereocenters. The van der Waals surface area contributed by atoms with Gasteiger partial charge in [-0.05, 0) is 49.9 Å². The van der Waals surface area contributed by atoms with Crippen LogP contribution in [-0.2, 0) is 0 Å². The zero-order chi connectivity index (χ0) is 14.5. The van der Waals surface area contributed by atoms with Gasteiger partial charge in [0.25, 0.3) is 5.91 Å². The smallest absolute Gasteiger partial charge is 0.254 e. The predicted molar refractivity (Wildman–Crippen MR) is 84.8 cm³/mol. The number of alkyl halides is 1. The first-order valence-corrected chi connectivity index (χ1v) is 7.81. The molecule has 20 heavy (non-hydrogen) atoms. The Kier molecular flexibility index (Phi) is 5.30.